The normalized spacial score (nSPS) is 11.6. The lowest BCUT2D eigenvalue weighted by Gasteiger charge is -2.19. The van der Waals surface area contributed by atoms with Crippen LogP contribution in [-0.4, -0.2) is 34.5 Å². The van der Waals surface area contributed by atoms with Crippen molar-refractivity contribution in [2.45, 2.75) is 6.18 Å². The number of rotatable bonds is 4. The molecule has 0 aliphatic heterocycles. The number of hydrogen-bond acceptors (Lipinski definition) is 4. The van der Waals surface area contributed by atoms with E-state index >= 15 is 0 Å². The Labute approximate surface area is 182 Å². The number of carbonyl (C=O) groups excluding carboxylic acids is 1. The number of hydrogen-bond donors (Lipinski definition) is 1. The minimum atomic E-state index is -4.54. The van der Waals surface area contributed by atoms with Gasteiger partial charge in [0.25, 0.3) is 5.91 Å². The van der Waals surface area contributed by atoms with Crippen LogP contribution in [0, 0.1) is 0 Å². The maximum atomic E-state index is 13.9. The maximum absolute atomic E-state index is 13.9. The van der Waals surface area contributed by atoms with E-state index in [1.54, 1.807) is 67.0 Å². The van der Waals surface area contributed by atoms with Gasteiger partial charge in [-0.2, -0.15) is 13.2 Å². The highest BCUT2D eigenvalue weighted by molar-refractivity contribution is 5.95. The Morgan fingerprint density at radius 2 is 1.91 bits per heavy atom. The van der Waals surface area contributed by atoms with Gasteiger partial charge in [0.15, 0.2) is 0 Å². The summed E-state index contributed by atoms with van der Waals surface area (Å²) in [5, 5.41) is 2.57. The van der Waals surface area contributed by atoms with Crippen molar-refractivity contribution in [3.8, 4) is 11.1 Å². The van der Waals surface area contributed by atoms with E-state index in [9.17, 15) is 18.0 Å². The number of alkyl halides is 3. The number of nitrogens with zero attached hydrogens (tertiary/aromatic N) is 4. The van der Waals surface area contributed by atoms with Gasteiger partial charge in [0, 0.05) is 50.4 Å². The van der Waals surface area contributed by atoms with Crippen molar-refractivity contribution in [1.82, 2.24) is 19.9 Å². The van der Waals surface area contributed by atoms with Crippen molar-refractivity contribution in [3.05, 3.63) is 72.1 Å². The molecule has 0 saturated carbocycles. The van der Waals surface area contributed by atoms with Crippen molar-refractivity contribution >= 4 is 28.6 Å². The second kappa shape index (κ2) is 7.99. The molecular formula is C23H20F3N5O. The van der Waals surface area contributed by atoms with Crippen LogP contribution in [0.25, 0.3) is 22.2 Å². The molecule has 0 atom stereocenters. The van der Waals surface area contributed by atoms with E-state index in [2.05, 4.69) is 15.3 Å². The first-order chi connectivity index (χ1) is 15.2. The Morgan fingerprint density at radius 1 is 1.12 bits per heavy atom. The first-order valence-corrected chi connectivity index (χ1v) is 9.74. The third-order valence-corrected chi connectivity index (χ3v) is 5.30. The lowest BCUT2D eigenvalue weighted by molar-refractivity contribution is -0.137. The lowest BCUT2D eigenvalue weighted by atomic mass is 10.00. The van der Waals surface area contributed by atoms with E-state index < -0.39 is 11.7 Å². The van der Waals surface area contributed by atoms with E-state index in [-0.39, 0.29) is 11.5 Å². The lowest BCUT2D eigenvalue weighted by Crippen LogP contribution is -2.19. The van der Waals surface area contributed by atoms with E-state index in [4.69, 9.17) is 0 Å². The molecule has 0 saturated heterocycles. The minimum absolute atomic E-state index is 0.0204. The number of fused-ring (bicyclic) bond motifs is 1. The second-order valence-corrected chi connectivity index (χ2v) is 7.29. The predicted octanol–water partition coefficient (Wildman–Crippen LogP) is 4.78. The highest BCUT2D eigenvalue weighted by Crippen LogP contribution is 2.40. The average Bonchev–Trinajstić information content (AvgIpc) is 3.13. The number of anilines is 2. The Kier molecular flexibility index (Phi) is 5.33. The van der Waals surface area contributed by atoms with Crippen LogP contribution in [0.15, 0.2) is 60.9 Å². The van der Waals surface area contributed by atoms with Crippen molar-refractivity contribution in [3.63, 3.8) is 0 Å². The third-order valence-electron chi connectivity index (χ3n) is 5.30. The highest BCUT2D eigenvalue weighted by atomic mass is 19.4. The van der Waals surface area contributed by atoms with E-state index in [0.29, 0.717) is 33.8 Å². The molecule has 0 radical (unpaired) electrons. The molecule has 0 unspecified atom stereocenters. The van der Waals surface area contributed by atoms with Crippen LogP contribution in [0.2, 0.25) is 0 Å². The SMILES string of the molecule is CNC(=O)c1cccc(N(C)c2nc3cc(-c4cccnc4)c(C(F)(F)F)cc3n2C)c1. The fourth-order valence-electron chi connectivity index (χ4n) is 3.64. The molecule has 4 rings (SSSR count). The van der Waals surface area contributed by atoms with Crippen molar-refractivity contribution in [2.75, 3.05) is 19.0 Å². The van der Waals surface area contributed by atoms with Gasteiger partial charge < -0.3 is 14.8 Å². The summed E-state index contributed by atoms with van der Waals surface area (Å²) < 4.78 is 43.2. The first kappa shape index (κ1) is 21.4. The Bertz CT molecular complexity index is 1300. The summed E-state index contributed by atoms with van der Waals surface area (Å²) in [6.07, 6.45) is -1.63. The summed E-state index contributed by atoms with van der Waals surface area (Å²) in [5.74, 6) is 0.201. The first-order valence-electron chi connectivity index (χ1n) is 9.74. The number of carbonyl (C=O) groups is 1. The number of aromatic nitrogens is 3. The van der Waals surface area contributed by atoms with Crippen LogP contribution < -0.4 is 10.2 Å². The Hall–Kier alpha value is -3.88. The molecule has 6 nitrogen and oxygen atoms in total. The summed E-state index contributed by atoms with van der Waals surface area (Å²) in [5.41, 5.74) is 1.53. The molecule has 0 spiro atoms. The van der Waals surface area contributed by atoms with Crippen molar-refractivity contribution in [2.24, 2.45) is 7.05 Å². The number of halogens is 3. The number of nitrogens with one attached hydrogen (secondary N) is 1. The molecule has 0 bridgehead atoms. The number of pyridine rings is 1. The molecule has 1 N–H and O–H groups in total. The summed E-state index contributed by atoms with van der Waals surface area (Å²) in [6.45, 7) is 0. The molecule has 2 aromatic carbocycles. The zero-order chi connectivity index (χ0) is 23.0. The molecule has 0 aliphatic carbocycles. The summed E-state index contributed by atoms with van der Waals surface area (Å²) in [6, 6.07) is 12.6. The second-order valence-electron chi connectivity index (χ2n) is 7.29. The number of benzene rings is 2. The fourth-order valence-corrected chi connectivity index (χ4v) is 3.64. The molecule has 32 heavy (non-hydrogen) atoms. The molecule has 164 valence electrons. The van der Waals surface area contributed by atoms with Gasteiger partial charge in [-0.25, -0.2) is 4.98 Å². The fraction of sp³-hybridized carbons (Fsp3) is 0.174. The quantitative estimate of drug-likeness (QED) is 0.497. The smallest absolute Gasteiger partial charge is 0.355 e. The number of imidazole rings is 1. The van der Waals surface area contributed by atoms with Gasteiger partial charge >= 0.3 is 6.18 Å². The summed E-state index contributed by atoms with van der Waals surface area (Å²) >= 11 is 0. The van der Waals surface area contributed by atoms with Gasteiger partial charge in [-0.3, -0.25) is 9.78 Å². The monoisotopic (exact) mass is 439 g/mol. The summed E-state index contributed by atoms with van der Waals surface area (Å²) in [4.78, 5) is 22.2. The van der Waals surface area contributed by atoms with Crippen LogP contribution >= 0.6 is 0 Å². The van der Waals surface area contributed by atoms with Crippen molar-refractivity contribution in [1.29, 1.82) is 0 Å². The number of aryl methyl sites for hydroxylation is 1. The zero-order valence-corrected chi connectivity index (χ0v) is 17.6. The molecule has 1 amide bonds. The molecule has 9 heteroatoms. The van der Waals surface area contributed by atoms with E-state index in [0.717, 1.165) is 6.07 Å². The van der Waals surface area contributed by atoms with Gasteiger partial charge in [0.2, 0.25) is 5.95 Å². The number of amides is 1. The standard InChI is InChI=1S/C23H20F3N5O/c1-27-21(32)14-6-4-8-16(10-14)30(2)22-29-19-11-17(15-7-5-9-28-13-15)18(23(24,25)26)12-20(19)31(22)3/h4-13H,1-3H3,(H,27,32). The molecule has 4 aromatic rings. The van der Waals surface area contributed by atoms with Gasteiger partial charge in [0.05, 0.1) is 16.6 Å². The Balaban J connectivity index is 1.86. The third kappa shape index (κ3) is 3.77. The molecule has 0 fully saturated rings. The maximum Gasteiger partial charge on any atom is 0.417 e. The van der Waals surface area contributed by atoms with Crippen LogP contribution in [-0.2, 0) is 13.2 Å². The topological polar surface area (TPSA) is 63.1 Å². The van der Waals surface area contributed by atoms with Gasteiger partial charge in [-0.1, -0.05) is 12.1 Å². The van der Waals surface area contributed by atoms with Crippen molar-refractivity contribution < 1.29 is 18.0 Å². The van der Waals surface area contributed by atoms with E-state index in [1.807, 2.05) is 0 Å². The largest absolute Gasteiger partial charge is 0.417 e. The predicted molar refractivity (Wildman–Crippen MR) is 117 cm³/mol. The molecule has 2 heterocycles. The van der Waals surface area contributed by atoms with Gasteiger partial charge in [-0.15, -0.1) is 0 Å². The molecule has 0 aliphatic rings. The van der Waals surface area contributed by atoms with Crippen LogP contribution in [0.1, 0.15) is 15.9 Å². The van der Waals surface area contributed by atoms with Gasteiger partial charge in [0.1, 0.15) is 0 Å². The zero-order valence-electron chi connectivity index (χ0n) is 17.6. The van der Waals surface area contributed by atoms with Gasteiger partial charge in [-0.05, 0) is 42.0 Å². The average molecular weight is 439 g/mol. The Morgan fingerprint density at radius 3 is 2.56 bits per heavy atom. The molecular weight excluding hydrogens is 419 g/mol. The van der Waals surface area contributed by atoms with E-state index in [1.165, 1.54) is 18.5 Å². The minimum Gasteiger partial charge on any atom is -0.355 e. The van der Waals surface area contributed by atoms with Crippen LogP contribution in [0.4, 0.5) is 24.8 Å². The highest BCUT2D eigenvalue weighted by Gasteiger charge is 2.35. The van der Waals surface area contributed by atoms with Crippen LogP contribution in [0.3, 0.4) is 0 Å². The summed E-state index contributed by atoms with van der Waals surface area (Å²) in [7, 11) is 4.95. The molecule has 2 aromatic heterocycles. The van der Waals surface area contributed by atoms with Crippen LogP contribution in [0.5, 0.6) is 0 Å².